The fraction of sp³-hybridized carbons (Fsp3) is 0.263. The number of guanidine groups is 1. The van der Waals surface area contributed by atoms with E-state index >= 15 is 0 Å². The fourth-order valence-electron chi connectivity index (χ4n) is 2.95. The van der Waals surface area contributed by atoms with Gasteiger partial charge in [0.2, 0.25) is 5.96 Å². The van der Waals surface area contributed by atoms with Gasteiger partial charge in [-0.3, -0.25) is 5.32 Å². The first-order chi connectivity index (χ1) is 13.0. The maximum Gasteiger partial charge on any atom is 0.225 e. The van der Waals surface area contributed by atoms with Crippen LogP contribution in [0.15, 0.2) is 46.4 Å². The molecule has 1 heterocycles. The Hall–Kier alpha value is -2.84. The average Bonchev–Trinajstić information content (AvgIpc) is 2.61. The molecule has 0 amide bonds. The zero-order valence-electron chi connectivity index (χ0n) is 15.1. The molecule has 0 spiro atoms. The van der Waals surface area contributed by atoms with Crippen LogP contribution in [0.3, 0.4) is 0 Å². The molecule has 0 radical (unpaired) electrons. The molecule has 1 saturated heterocycles. The van der Waals surface area contributed by atoms with Crippen LogP contribution in [0.5, 0.6) is 0 Å². The number of rotatable bonds is 4. The summed E-state index contributed by atoms with van der Waals surface area (Å²) in [6, 6.07) is 9.27. The van der Waals surface area contributed by atoms with Gasteiger partial charge < -0.3 is 16.0 Å². The van der Waals surface area contributed by atoms with E-state index in [4.69, 9.17) is 5.73 Å². The number of nitrogens with zero attached hydrogens (tertiary/aromatic N) is 3. The van der Waals surface area contributed by atoms with Crippen LogP contribution in [0.4, 0.5) is 25.8 Å². The summed E-state index contributed by atoms with van der Waals surface area (Å²) in [5.74, 6) is -1.21. The summed E-state index contributed by atoms with van der Waals surface area (Å²) in [6.45, 7) is 5.81. The Morgan fingerprint density at radius 2 is 1.81 bits per heavy atom. The number of piperazine rings is 1. The first kappa shape index (κ1) is 18.9. The minimum atomic E-state index is -0.642. The monoisotopic (exact) mass is 373 g/mol. The topological polar surface area (TPSA) is 82.6 Å². The second kappa shape index (κ2) is 8.70. The van der Waals surface area contributed by atoms with Crippen molar-refractivity contribution >= 4 is 29.4 Å². The van der Waals surface area contributed by atoms with E-state index in [0.717, 1.165) is 49.2 Å². The number of aryl methyl sites for hydroxylation is 1. The quantitative estimate of drug-likeness (QED) is 0.432. The molecule has 0 unspecified atom stereocenters. The Kier molecular flexibility index (Phi) is 6.10. The van der Waals surface area contributed by atoms with E-state index < -0.39 is 11.6 Å². The third-order valence-corrected chi connectivity index (χ3v) is 4.13. The zero-order valence-corrected chi connectivity index (χ0v) is 15.1. The van der Waals surface area contributed by atoms with Crippen molar-refractivity contribution in [2.75, 3.05) is 31.1 Å². The third-order valence-electron chi connectivity index (χ3n) is 4.13. The Labute approximate surface area is 156 Å². The maximum absolute atomic E-state index is 13.2. The van der Waals surface area contributed by atoms with Gasteiger partial charge in [0.05, 0.1) is 5.69 Å². The van der Waals surface area contributed by atoms with Crippen LogP contribution < -0.4 is 21.3 Å². The second-order valence-electron chi connectivity index (χ2n) is 6.38. The van der Waals surface area contributed by atoms with Crippen molar-refractivity contribution in [3.8, 4) is 0 Å². The van der Waals surface area contributed by atoms with E-state index in [-0.39, 0.29) is 5.96 Å². The molecular formula is C19H23F2N6+. The zero-order chi connectivity index (χ0) is 19.2. The minimum absolute atomic E-state index is 0.0694. The molecule has 2 aromatic rings. The maximum atomic E-state index is 13.2. The molecule has 1 aliphatic rings. The molecule has 8 heteroatoms. The number of halogens is 2. The first-order valence-electron chi connectivity index (χ1n) is 8.74. The second-order valence-corrected chi connectivity index (χ2v) is 6.38. The van der Waals surface area contributed by atoms with Gasteiger partial charge in [-0.2, -0.15) is 4.99 Å². The number of benzene rings is 2. The SMILES string of the molecule is Cc1cc(N=C(N)/N=C\[NH2+]c2cc(F)cc(F)c2)cc(N2CCNCC2)c1. The molecule has 0 atom stereocenters. The highest BCUT2D eigenvalue weighted by molar-refractivity contribution is 5.86. The lowest BCUT2D eigenvalue weighted by Crippen LogP contribution is -2.76. The highest BCUT2D eigenvalue weighted by Crippen LogP contribution is 2.24. The summed E-state index contributed by atoms with van der Waals surface area (Å²) < 4.78 is 26.3. The van der Waals surface area contributed by atoms with Crippen molar-refractivity contribution in [3.05, 3.63) is 53.6 Å². The summed E-state index contributed by atoms with van der Waals surface area (Å²) in [4.78, 5) is 10.7. The molecule has 0 aliphatic carbocycles. The van der Waals surface area contributed by atoms with Gasteiger partial charge in [-0.05, 0) is 30.7 Å². The van der Waals surface area contributed by atoms with Crippen molar-refractivity contribution in [2.24, 2.45) is 15.7 Å². The van der Waals surface area contributed by atoms with Gasteiger partial charge in [0.15, 0.2) is 6.34 Å². The van der Waals surface area contributed by atoms with E-state index in [1.54, 1.807) is 0 Å². The lowest BCUT2D eigenvalue weighted by atomic mass is 10.1. The number of nitrogens with one attached hydrogen (secondary N) is 1. The molecule has 5 N–H and O–H groups in total. The van der Waals surface area contributed by atoms with Crippen molar-refractivity contribution in [1.82, 2.24) is 5.32 Å². The fourth-order valence-corrected chi connectivity index (χ4v) is 2.95. The van der Waals surface area contributed by atoms with Crippen LogP contribution in [0.25, 0.3) is 0 Å². The number of nitrogens with two attached hydrogens (primary N) is 2. The predicted molar refractivity (Wildman–Crippen MR) is 104 cm³/mol. The van der Waals surface area contributed by atoms with Crippen LogP contribution in [-0.2, 0) is 0 Å². The van der Waals surface area contributed by atoms with E-state index in [0.29, 0.717) is 5.69 Å². The van der Waals surface area contributed by atoms with Crippen molar-refractivity contribution in [2.45, 2.75) is 6.92 Å². The molecule has 0 saturated carbocycles. The lowest BCUT2D eigenvalue weighted by Gasteiger charge is -2.29. The Morgan fingerprint density at radius 1 is 1.11 bits per heavy atom. The lowest BCUT2D eigenvalue weighted by molar-refractivity contribution is -0.433. The first-order valence-corrected chi connectivity index (χ1v) is 8.74. The van der Waals surface area contributed by atoms with Crippen molar-refractivity contribution < 1.29 is 14.1 Å². The molecule has 6 nitrogen and oxygen atoms in total. The van der Waals surface area contributed by atoms with Gasteiger partial charge >= 0.3 is 0 Å². The highest BCUT2D eigenvalue weighted by Gasteiger charge is 2.11. The Bertz CT molecular complexity index is 839. The number of hydrogen-bond donors (Lipinski definition) is 3. The number of quaternary nitrogens is 1. The van der Waals surface area contributed by atoms with Gasteiger partial charge in [-0.15, -0.1) is 0 Å². The molecule has 3 rings (SSSR count). The van der Waals surface area contributed by atoms with Crippen LogP contribution >= 0.6 is 0 Å². The largest absolute Gasteiger partial charge is 0.369 e. The van der Waals surface area contributed by atoms with Crippen LogP contribution in [0.2, 0.25) is 0 Å². The normalized spacial score (nSPS) is 15.5. The smallest absolute Gasteiger partial charge is 0.225 e. The average molecular weight is 373 g/mol. The number of hydrogen-bond acceptors (Lipinski definition) is 3. The molecule has 0 bridgehead atoms. The summed E-state index contributed by atoms with van der Waals surface area (Å²) in [6.07, 6.45) is 1.38. The molecule has 0 aromatic heterocycles. The van der Waals surface area contributed by atoms with E-state index in [1.807, 2.05) is 19.1 Å². The summed E-state index contributed by atoms with van der Waals surface area (Å²) in [7, 11) is 0. The van der Waals surface area contributed by atoms with E-state index in [1.165, 1.54) is 23.8 Å². The minimum Gasteiger partial charge on any atom is -0.369 e. The molecule has 1 fully saturated rings. The molecule has 27 heavy (non-hydrogen) atoms. The molecule has 2 aromatic carbocycles. The van der Waals surface area contributed by atoms with Gasteiger partial charge in [0.1, 0.15) is 17.3 Å². The molecule has 1 aliphatic heterocycles. The van der Waals surface area contributed by atoms with Gasteiger partial charge in [0, 0.05) is 50.1 Å². The highest BCUT2D eigenvalue weighted by atomic mass is 19.1. The standard InChI is InChI=1S/C19H22F2N6/c1-13-6-17(11-18(7-13)27-4-2-23-3-5-27)26-19(22)25-12-24-16-9-14(20)8-15(21)10-16/h6-12,23H,2-5H2,1H3,(H3,22,24,25,26)/p+1. The Balaban J connectivity index is 1.70. The predicted octanol–water partition coefficient (Wildman–Crippen LogP) is 1.55. The third kappa shape index (κ3) is 5.57. The van der Waals surface area contributed by atoms with E-state index in [9.17, 15) is 8.78 Å². The molecular weight excluding hydrogens is 350 g/mol. The Morgan fingerprint density at radius 3 is 2.52 bits per heavy atom. The van der Waals surface area contributed by atoms with Crippen molar-refractivity contribution in [1.29, 1.82) is 0 Å². The summed E-state index contributed by atoms with van der Waals surface area (Å²) >= 11 is 0. The summed E-state index contributed by atoms with van der Waals surface area (Å²) in [5.41, 5.74) is 9.14. The van der Waals surface area contributed by atoms with Gasteiger partial charge in [0.25, 0.3) is 0 Å². The number of aliphatic imine (C=N–C) groups is 2. The van der Waals surface area contributed by atoms with Crippen LogP contribution in [0.1, 0.15) is 5.56 Å². The van der Waals surface area contributed by atoms with Crippen LogP contribution in [-0.4, -0.2) is 38.5 Å². The summed E-state index contributed by atoms with van der Waals surface area (Å²) in [5, 5.41) is 4.80. The van der Waals surface area contributed by atoms with Crippen molar-refractivity contribution in [3.63, 3.8) is 0 Å². The van der Waals surface area contributed by atoms with E-state index in [2.05, 4.69) is 26.3 Å². The van der Waals surface area contributed by atoms with Gasteiger partial charge in [-0.1, -0.05) is 0 Å². The van der Waals surface area contributed by atoms with Gasteiger partial charge in [-0.25, -0.2) is 13.8 Å². The number of anilines is 1. The van der Waals surface area contributed by atoms with Crippen LogP contribution in [0, 0.1) is 18.6 Å². The molecule has 142 valence electrons.